The Bertz CT molecular complexity index is 427. The summed E-state index contributed by atoms with van der Waals surface area (Å²) in [6, 6.07) is 5.67. The number of hydrogen-bond donors (Lipinski definition) is 1. The molecule has 100 valence electrons. The van der Waals surface area contributed by atoms with Crippen LogP contribution in [0.5, 0.6) is 5.75 Å². The third-order valence-electron chi connectivity index (χ3n) is 2.94. The van der Waals surface area contributed by atoms with Crippen LogP contribution in [0.15, 0.2) is 18.2 Å². The second kappa shape index (κ2) is 6.10. The van der Waals surface area contributed by atoms with Crippen molar-refractivity contribution >= 4 is 17.6 Å². The van der Waals surface area contributed by atoms with Crippen LogP contribution in [0.25, 0.3) is 0 Å². The van der Waals surface area contributed by atoms with E-state index in [4.69, 9.17) is 21.4 Å². The van der Waals surface area contributed by atoms with E-state index in [1.165, 1.54) is 0 Å². The van der Waals surface area contributed by atoms with E-state index < -0.39 is 5.97 Å². The van der Waals surface area contributed by atoms with Gasteiger partial charge in [-0.05, 0) is 36.0 Å². The standard InChI is InChI=1S/C14H19ClO3/c1-14(2,9-13(16)17)7-6-10-4-5-12(18-3)11(15)8-10/h4-5,8H,6-7,9H2,1-3H3,(H,16,17). The lowest BCUT2D eigenvalue weighted by atomic mass is 9.83. The van der Waals surface area contributed by atoms with Gasteiger partial charge in [0.1, 0.15) is 5.75 Å². The molecule has 0 saturated carbocycles. The van der Waals surface area contributed by atoms with Crippen LogP contribution in [0.1, 0.15) is 32.3 Å². The van der Waals surface area contributed by atoms with Gasteiger partial charge in [-0.2, -0.15) is 0 Å². The Morgan fingerprint density at radius 2 is 2.11 bits per heavy atom. The van der Waals surface area contributed by atoms with Crippen molar-refractivity contribution in [1.29, 1.82) is 0 Å². The number of methoxy groups -OCH3 is 1. The molecule has 1 aromatic carbocycles. The number of carboxylic acid groups (broad SMARTS) is 1. The largest absolute Gasteiger partial charge is 0.495 e. The first kappa shape index (κ1) is 14.8. The number of ether oxygens (including phenoxy) is 1. The first-order valence-electron chi connectivity index (χ1n) is 5.88. The summed E-state index contributed by atoms with van der Waals surface area (Å²) >= 11 is 6.04. The summed E-state index contributed by atoms with van der Waals surface area (Å²) in [5.74, 6) is -0.0991. The number of hydrogen-bond acceptors (Lipinski definition) is 2. The van der Waals surface area contributed by atoms with Gasteiger partial charge in [-0.1, -0.05) is 31.5 Å². The van der Waals surface area contributed by atoms with Crippen LogP contribution < -0.4 is 4.74 Å². The average Bonchev–Trinajstić information content (AvgIpc) is 2.25. The highest BCUT2D eigenvalue weighted by atomic mass is 35.5. The Hall–Kier alpha value is -1.22. The number of rotatable bonds is 6. The maximum absolute atomic E-state index is 10.7. The molecule has 0 spiro atoms. The number of halogens is 1. The molecule has 0 aliphatic rings. The van der Waals surface area contributed by atoms with Crippen molar-refractivity contribution < 1.29 is 14.6 Å². The van der Waals surface area contributed by atoms with Crippen molar-refractivity contribution in [2.45, 2.75) is 33.1 Å². The molecule has 4 heteroatoms. The zero-order valence-electron chi connectivity index (χ0n) is 11.0. The predicted molar refractivity (Wildman–Crippen MR) is 72.4 cm³/mol. The Kier molecular flexibility index (Phi) is 5.03. The first-order chi connectivity index (χ1) is 8.34. The molecule has 0 radical (unpaired) electrons. The van der Waals surface area contributed by atoms with E-state index in [0.717, 1.165) is 18.4 Å². The number of carboxylic acids is 1. The molecule has 18 heavy (non-hydrogen) atoms. The van der Waals surface area contributed by atoms with Crippen LogP contribution >= 0.6 is 11.6 Å². The molecule has 1 rings (SSSR count). The van der Waals surface area contributed by atoms with E-state index in [9.17, 15) is 4.79 Å². The fraction of sp³-hybridized carbons (Fsp3) is 0.500. The number of aliphatic carboxylic acids is 1. The number of benzene rings is 1. The van der Waals surface area contributed by atoms with E-state index in [1.807, 2.05) is 32.0 Å². The van der Waals surface area contributed by atoms with E-state index in [2.05, 4.69) is 0 Å². The summed E-state index contributed by atoms with van der Waals surface area (Å²) in [6.45, 7) is 3.93. The van der Waals surface area contributed by atoms with E-state index in [0.29, 0.717) is 10.8 Å². The van der Waals surface area contributed by atoms with Gasteiger partial charge in [-0.3, -0.25) is 4.79 Å². The summed E-state index contributed by atoms with van der Waals surface area (Å²) in [6.07, 6.45) is 1.79. The second-order valence-electron chi connectivity index (χ2n) is 5.20. The van der Waals surface area contributed by atoms with Gasteiger partial charge in [0.25, 0.3) is 0 Å². The van der Waals surface area contributed by atoms with Crippen molar-refractivity contribution in [2.24, 2.45) is 5.41 Å². The van der Waals surface area contributed by atoms with Gasteiger partial charge in [-0.25, -0.2) is 0 Å². The summed E-state index contributed by atoms with van der Waals surface area (Å²) in [7, 11) is 1.58. The Balaban J connectivity index is 2.63. The Labute approximate surface area is 113 Å². The minimum absolute atomic E-state index is 0.177. The van der Waals surface area contributed by atoms with E-state index >= 15 is 0 Å². The molecule has 1 N–H and O–H groups in total. The summed E-state index contributed by atoms with van der Waals surface area (Å²) < 4.78 is 5.09. The zero-order valence-corrected chi connectivity index (χ0v) is 11.8. The topological polar surface area (TPSA) is 46.5 Å². The number of carbonyl (C=O) groups is 1. The molecule has 0 atom stereocenters. The zero-order chi connectivity index (χ0) is 13.8. The Morgan fingerprint density at radius 3 is 2.61 bits per heavy atom. The van der Waals surface area contributed by atoms with E-state index in [-0.39, 0.29) is 11.8 Å². The predicted octanol–water partition coefficient (Wildman–Crippen LogP) is 3.78. The molecule has 1 aromatic rings. The van der Waals surface area contributed by atoms with Crippen molar-refractivity contribution in [3.05, 3.63) is 28.8 Å². The molecule has 0 aliphatic heterocycles. The molecule has 0 fully saturated rings. The van der Waals surface area contributed by atoms with Gasteiger partial charge in [0.15, 0.2) is 0 Å². The molecule has 0 bridgehead atoms. The fourth-order valence-corrected chi connectivity index (χ4v) is 2.13. The van der Waals surface area contributed by atoms with Crippen LogP contribution in [-0.2, 0) is 11.2 Å². The molecule has 0 aromatic heterocycles. The highest BCUT2D eigenvalue weighted by Gasteiger charge is 2.21. The van der Waals surface area contributed by atoms with Gasteiger partial charge < -0.3 is 9.84 Å². The van der Waals surface area contributed by atoms with Crippen LogP contribution in [0.4, 0.5) is 0 Å². The molecule has 3 nitrogen and oxygen atoms in total. The third kappa shape index (κ3) is 4.57. The number of aryl methyl sites for hydroxylation is 1. The summed E-state index contributed by atoms with van der Waals surface area (Å²) in [4.78, 5) is 10.7. The molecular formula is C14H19ClO3. The van der Waals surface area contributed by atoms with Crippen LogP contribution in [-0.4, -0.2) is 18.2 Å². The maximum Gasteiger partial charge on any atom is 0.303 e. The van der Waals surface area contributed by atoms with Gasteiger partial charge in [0.05, 0.1) is 18.6 Å². The monoisotopic (exact) mass is 270 g/mol. The fourth-order valence-electron chi connectivity index (χ4n) is 1.85. The van der Waals surface area contributed by atoms with Crippen molar-refractivity contribution in [1.82, 2.24) is 0 Å². The molecule has 0 aliphatic carbocycles. The molecule has 0 saturated heterocycles. The lowest BCUT2D eigenvalue weighted by Gasteiger charge is -2.22. The van der Waals surface area contributed by atoms with E-state index in [1.54, 1.807) is 7.11 Å². The SMILES string of the molecule is COc1ccc(CCC(C)(C)CC(=O)O)cc1Cl. The third-order valence-corrected chi connectivity index (χ3v) is 3.23. The van der Waals surface area contributed by atoms with Crippen LogP contribution in [0, 0.1) is 5.41 Å². The van der Waals surface area contributed by atoms with Gasteiger partial charge in [-0.15, -0.1) is 0 Å². The first-order valence-corrected chi connectivity index (χ1v) is 6.26. The minimum Gasteiger partial charge on any atom is -0.495 e. The lowest BCUT2D eigenvalue weighted by molar-refractivity contribution is -0.139. The van der Waals surface area contributed by atoms with Gasteiger partial charge >= 0.3 is 5.97 Å². The average molecular weight is 271 g/mol. The van der Waals surface area contributed by atoms with Crippen LogP contribution in [0.3, 0.4) is 0 Å². The van der Waals surface area contributed by atoms with Crippen molar-refractivity contribution in [2.75, 3.05) is 7.11 Å². The maximum atomic E-state index is 10.7. The molecule has 0 heterocycles. The molecular weight excluding hydrogens is 252 g/mol. The van der Waals surface area contributed by atoms with Gasteiger partial charge in [0.2, 0.25) is 0 Å². The van der Waals surface area contributed by atoms with Crippen LogP contribution in [0.2, 0.25) is 5.02 Å². The second-order valence-corrected chi connectivity index (χ2v) is 5.61. The smallest absolute Gasteiger partial charge is 0.303 e. The van der Waals surface area contributed by atoms with Crippen molar-refractivity contribution in [3.8, 4) is 5.75 Å². The normalized spacial score (nSPS) is 11.3. The highest BCUT2D eigenvalue weighted by Crippen LogP contribution is 2.29. The molecule has 0 amide bonds. The van der Waals surface area contributed by atoms with Crippen molar-refractivity contribution in [3.63, 3.8) is 0 Å². The van der Waals surface area contributed by atoms with Gasteiger partial charge in [0, 0.05) is 0 Å². The lowest BCUT2D eigenvalue weighted by Crippen LogP contribution is -2.17. The highest BCUT2D eigenvalue weighted by molar-refractivity contribution is 6.32. The summed E-state index contributed by atoms with van der Waals surface area (Å²) in [5, 5.41) is 9.41. The minimum atomic E-state index is -0.757. The molecule has 0 unspecified atom stereocenters. The quantitative estimate of drug-likeness (QED) is 0.856. The Morgan fingerprint density at radius 1 is 1.44 bits per heavy atom. The summed E-state index contributed by atoms with van der Waals surface area (Å²) in [5.41, 5.74) is 0.886.